The summed E-state index contributed by atoms with van der Waals surface area (Å²) in [5.74, 6) is -1.22. The maximum absolute atomic E-state index is 13.2. The minimum Gasteiger partial charge on any atom is -0.462 e. The third-order valence-electron chi connectivity index (χ3n) is 3.33. The Labute approximate surface area is 156 Å². The summed E-state index contributed by atoms with van der Waals surface area (Å²) in [5, 5.41) is 2.75. The van der Waals surface area contributed by atoms with Crippen LogP contribution in [0.2, 0.25) is 5.02 Å². The molecule has 0 radical (unpaired) electrons. The number of sulfonamides is 1. The fourth-order valence-electron chi connectivity index (χ4n) is 2.21. The quantitative estimate of drug-likeness (QED) is 0.689. The summed E-state index contributed by atoms with van der Waals surface area (Å²) in [7, 11) is -4.10. The molecule has 0 aliphatic heterocycles. The molecule has 0 unspecified atom stereocenters. The highest BCUT2D eigenvalue weighted by Crippen LogP contribution is 2.29. The van der Waals surface area contributed by atoms with Gasteiger partial charge in [0.1, 0.15) is 10.7 Å². The zero-order valence-corrected chi connectivity index (χ0v) is 15.7. The molecule has 6 nitrogen and oxygen atoms in total. The molecule has 0 heterocycles. The van der Waals surface area contributed by atoms with Gasteiger partial charge in [-0.2, -0.15) is 0 Å². The molecule has 2 N–H and O–H groups in total. The number of hydrogen-bond donors (Lipinski definition) is 2. The first kappa shape index (κ1) is 20.0. The predicted molar refractivity (Wildman–Crippen MR) is 98.8 cm³/mol. The average Bonchev–Trinajstić information content (AvgIpc) is 2.56. The van der Waals surface area contributed by atoms with Gasteiger partial charge in [-0.3, -0.25) is 4.72 Å². The molecule has 2 aromatic carbocycles. The lowest BCUT2D eigenvalue weighted by Gasteiger charge is -2.15. The first-order chi connectivity index (χ1) is 12.3. The van der Waals surface area contributed by atoms with Gasteiger partial charge in [0.25, 0.3) is 10.0 Å². The lowest BCUT2D eigenvalue weighted by molar-refractivity contribution is 0.0526. The second-order valence-electron chi connectivity index (χ2n) is 5.19. The number of carbonyl (C=O) groups excluding carboxylic acids is 1. The van der Waals surface area contributed by atoms with Gasteiger partial charge >= 0.3 is 5.97 Å². The molecule has 2 aromatic rings. The van der Waals surface area contributed by atoms with E-state index < -0.39 is 21.8 Å². The molecule has 0 amide bonds. The van der Waals surface area contributed by atoms with E-state index >= 15 is 0 Å². The zero-order valence-electron chi connectivity index (χ0n) is 14.2. The van der Waals surface area contributed by atoms with E-state index in [2.05, 4.69) is 10.0 Å². The summed E-state index contributed by atoms with van der Waals surface area (Å²) in [4.78, 5) is 11.6. The number of halogens is 2. The standard InChI is InChI=1S/C17H18ClFN2O4S/c1-3-20-14-7-5-11(17(22)25-4-2)9-15(14)21-26(23,24)16-8-6-12(19)10-13(16)18/h5-10,20-21H,3-4H2,1-2H3. The van der Waals surface area contributed by atoms with Crippen molar-refractivity contribution in [2.75, 3.05) is 23.2 Å². The minimum atomic E-state index is -4.10. The Morgan fingerprint density at radius 3 is 2.50 bits per heavy atom. The molecule has 0 aliphatic carbocycles. The average molecular weight is 401 g/mol. The third kappa shape index (κ3) is 4.64. The van der Waals surface area contributed by atoms with E-state index in [-0.39, 0.29) is 27.8 Å². The molecule has 2 rings (SSSR count). The molecule has 0 saturated heterocycles. The van der Waals surface area contributed by atoms with Crippen LogP contribution >= 0.6 is 11.6 Å². The first-order valence-corrected chi connectivity index (χ1v) is 9.67. The summed E-state index contributed by atoms with van der Waals surface area (Å²) >= 11 is 5.86. The molecular weight excluding hydrogens is 383 g/mol. The molecule has 0 bridgehead atoms. The van der Waals surface area contributed by atoms with Crippen molar-refractivity contribution in [2.24, 2.45) is 0 Å². The van der Waals surface area contributed by atoms with Crippen molar-refractivity contribution in [3.05, 3.63) is 52.8 Å². The Morgan fingerprint density at radius 2 is 1.88 bits per heavy atom. The monoisotopic (exact) mass is 400 g/mol. The maximum Gasteiger partial charge on any atom is 0.338 e. The molecule has 0 saturated carbocycles. The summed E-state index contributed by atoms with van der Waals surface area (Å²) in [6.45, 7) is 4.24. The molecule has 0 spiro atoms. The number of anilines is 2. The highest BCUT2D eigenvalue weighted by Gasteiger charge is 2.21. The maximum atomic E-state index is 13.2. The topological polar surface area (TPSA) is 84.5 Å². The Kier molecular flexibility index (Phi) is 6.44. The van der Waals surface area contributed by atoms with E-state index in [0.29, 0.717) is 12.2 Å². The number of nitrogens with one attached hydrogen (secondary N) is 2. The van der Waals surface area contributed by atoms with Crippen molar-refractivity contribution in [2.45, 2.75) is 18.7 Å². The Balaban J connectivity index is 2.44. The fraction of sp³-hybridized carbons (Fsp3) is 0.235. The predicted octanol–water partition coefficient (Wildman–Crippen LogP) is 3.89. The number of carbonyl (C=O) groups is 1. The van der Waals surface area contributed by atoms with E-state index in [4.69, 9.17) is 16.3 Å². The second kappa shape index (κ2) is 8.37. The van der Waals surface area contributed by atoms with E-state index in [1.165, 1.54) is 12.1 Å². The van der Waals surface area contributed by atoms with Crippen LogP contribution in [0.3, 0.4) is 0 Å². The number of esters is 1. The smallest absolute Gasteiger partial charge is 0.338 e. The summed E-state index contributed by atoms with van der Waals surface area (Å²) in [5.41, 5.74) is 0.816. The second-order valence-corrected chi connectivity index (χ2v) is 7.25. The molecule has 140 valence electrons. The van der Waals surface area contributed by atoms with Gasteiger partial charge in [-0.05, 0) is 50.2 Å². The molecule has 26 heavy (non-hydrogen) atoms. The van der Waals surface area contributed by atoms with Crippen LogP contribution in [0.15, 0.2) is 41.3 Å². The molecule has 0 fully saturated rings. The van der Waals surface area contributed by atoms with Crippen LogP contribution in [0.5, 0.6) is 0 Å². The third-order valence-corrected chi connectivity index (χ3v) is 5.17. The summed E-state index contributed by atoms with van der Waals surface area (Å²) in [6.07, 6.45) is 0. The number of hydrogen-bond acceptors (Lipinski definition) is 5. The molecular formula is C17H18ClFN2O4S. The van der Waals surface area contributed by atoms with Crippen molar-refractivity contribution in [1.29, 1.82) is 0 Å². The van der Waals surface area contributed by atoms with E-state index in [1.807, 2.05) is 6.92 Å². The van der Waals surface area contributed by atoms with Crippen LogP contribution in [-0.4, -0.2) is 27.5 Å². The van der Waals surface area contributed by atoms with Crippen LogP contribution in [0.1, 0.15) is 24.2 Å². The van der Waals surface area contributed by atoms with E-state index in [0.717, 1.165) is 18.2 Å². The Bertz CT molecular complexity index is 919. The van der Waals surface area contributed by atoms with Crippen LogP contribution in [0, 0.1) is 5.82 Å². The van der Waals surface area contributed by atoms with Gasteiger partial charge in [-0.15, -0.1) is 0 Å². The summed E-state index contributed by atoms with van der Waals surface area (Å²) < 4.78 is 45.8. The van der Waals surface area contributed by atoms with E-state index in [9.17, 15) is 17.6 Å². The number of ether oxygens (including phenoxy) is 1. The van der Waals surface area contributed by atoms with Gasteiger partial charge in [0.15, 0.2) is 0 Å². The largest absolute Gasteiger partial charge is 0.462 e. The number of benzene rings is 2. The van der Waals surface area contributed by atoms with Crippen molar-refractivity contribution >= 4 is 39.0 Å². The molecule has 0 aliphatic rings. The molecule has 9 heteroatoms. The van der Waals surface area contributed by atoms with Gasteiger partial charge in [-0.1, -0.05) is 11.6 Å². The highest BCUT2D eigenvalue weighted by atomic mass is 35.5. The van der Waals surface area contributed by atoms with Crippen LogP contribution in [0.25, 0.3) is 0 Å². The van der Waals surface area contributed by atoms with Crippen molar-refractivity contribution in [3.63, 3.8) is 0 Å². The van der Waals surface area contributed by atoms with Crippen LogP contribution in [-0.2, 0) is 14.8 Å². The lowest BCUT2D eigenvalue weighted by atomic mass is 10.1. The molecule has 0 aromatic heterocycles. The minimum absolute atomic E-state index is 0.151. The van der Waals surface area contributed by atoms with Crippen molar-refractivity contribution < 1.29 is 22.3 Å². The van der Waals surface area contributed by atoms with Gasteiger partial charge in [0.05, 0.1) is 28.6 Å². The van der Waals surface area contributed by atoms with Gasteiger partial charge < -0.3 is 10.1 Å². The summed E-state index contributed by atoms with van der Waals surface area (Å²) in [6, 6.07) is 7.45. The fourth-order valence-corrected chi connectivity index (χ4v) is 3.81. The van der Waals surface area contributed by atoms with Crippen LogP contribution < -0.4 is 10.0 Å². The normalized spacial score (nSPS) is 11.1. The SMILES string of the molecule is CCNc1ccc(C(=O)OCC)cc1NS(=O)(=O)c1ccc(F)cc1Cl. The Hall–Kier alpha value is -2.32. The highest BCUT2D eigenvalue weighted by molar-refractivity contribution is 7.92. The van der Waals surface area contributed by atoms with Gasteiger partial charge in [0.2, 0.25) is 0 Å². The van der Waals surface area contributed by atoms with Gasteiger partial charge in [0, 0.05) is 6.54 Å². The zero-order chi connectivity index (χ0) is 19.3. The molecule has 0 atom stereocenters. The first-order valence-electron chi connectivity index (χ1n) is 7.81. The van der Waals surface area contributed by atoms with Gasteiger partial charge in [-0.25, -0.2) is 17.6 Å². The van der Waals surface area contributed by atoms with Crippen molar-refractivity contribution in [3.8, 4) is 0 Å². The van der Waals surface area contributed by atoms with Crippen molar-refractivity contribution in [1.82, 2.24) is 0 Å². The van der Waals surface area contributed by atoms with E-state index in [1.54, 1.807) is 13.0 Å². The number of rotatable bonds is 7. The lowest BCUT2D eigenvalue weighted by Crippen LogP contribution is -2.16. The van der Waals surface area contributed by atoms with Crippen LogP contribution in [0.4, 0.5) is 15.8 Å². The Morgan fingerprint density at radius 1 is 1.15 bits per heavy atom.